The lowest BCUT2D eigenvalue weighted by Crippen LogP contribution is -2.47. The Balaban J connectivity index is 1.66. The van der Waals surface area contributed by atoms with Crippen LogP contribution in [0.2, 0.25) is 0 Å². The number of nitrogens with zero attached hydrogens (tertiary/aromatic N) is 3. The molecule has 2 heterocycles. The minimum Gasteiger partial charge on any atom is -0.497 e. The molecule has 0 saturated carbocycles. The predicted molar refractivity (Wildman–Crippen MR) is 122 cm³/mol. The molecule has 0 radical (unpaired) electrons. The molecular weight excluding hydrogens is 410 g/mol. The number of amides is 1. The normalized spacial score (nSPS) is 18.5. The standard InChI is InChI=1S/C24H25N3O3S/c1-4-16-5-7-17(8-6-16)26-14-27-23(28)12-20(21(13-25)24(27)31-15-26)19-10-9-18(29-2)11-22(19)30-3/h5-11,20H,4,12,14-15H2,1-3H3. The van der Waals surface area contributed by atoms with Gasteiger partial charge in [-0.1, -0.05) is 36.9 Å². The highest BCUT2D eigenvalue weighted by atomic mass is 32.2. The summed E-state index contributed by atoms with van der Waals surface area (Å²) in [6.45, 7) is 2.58. The molecule has 6 nitrogen and oxygen atoms in total. The molecule has 0 aliphatic carbocycles. The Morgan fingerprint density at radius 1 is 1.16 bits per heavy atom. The van der Waals surface area contributed by atoms with E-state index in [2.05, 4.69) is 42.2 Å². The Hall–Kier alpha value is -3.11. The number of thioether (sulfide) groups is 1. The van der Waals surface area contributed by atoms with Gasteiger partial charge in [0.15, 0.2) is 0 Å². The van der Waals surface area contributed by atoms with Crippen LogP contribution in [0.25, 0.3) is 0 Å². The summed E-state index contributed by atoms with van der Waals surface area (Å²) < 4.78 is 10.8. The molecule has 1 saturated heterocycles. The monoisotopic (exact) mass is 435 g/mol. The van der Waals surface area contributed by atoms with Crippen molar-refractivity contribution in [1.29, 1.82) is 5.26 Å². The molecule has 4 rings (SSSR count). The lowest BCUT2D eigenvalue weighted by atomic mass is 9.86. The highest BCUT2D eigenvalue weighted by molar-refractivity contribution is 8.03. The average Bonchev–Trinajstić information content (AvgIpc) is 2.83. The molecule has 0 N–H and O–H groups in total. The first-order valence-electron chi connectivity index (χ1n) is 10.2. The summed E-state index contributed by atoms with van der Waals surface area (Å²) in [5, 5.41) is 10.8. The van der Waals surface area contributed by atoms with E-state index in [1.54, 1.807) is 25.2 Å². The van der Waals surface area contributed by atoms with Gasteiger partial charge in [0.25, 0.3) is 0 Å². The largest absolute Gasteiger partial charge is 0.497 e. The number of rotatable bonds is 5. The summed E-state index contributed by atoms with van der Waals surface area (Å²) in [6, 6.07) is 16.3. The zero-order valence-corrected chi connectivity index (χ0v) is 18.7. The minimum absolute atomic E-state index is 0.0132. The molecule has 7 heteroatoms. The molecule has 160 valence electrons. The van der Waals surface area contributed by atoms with Crippen LogP contribution < -0.4 is 14.4 Å². The Morgan fingerprint density at radius 2 is 1.94 bits per heavy atom. The van der Waals surface area contributed by atoms with E-state index >= 15 is 0 Å². The second kappa shape index (κ2) is 8.94. The molecule has 2 aliphatic heterocycles. The number of aryl methyl sites for hydroxylation is 1. The van der Waals surface area contributed by atoms with Gasteiger partial charge in [-0.05, 0) is 30.2 Å². The van der Waals surface area contributed by atoms with Crippen molar-refractivity contribution in [3.63, 3.8) is 0 Å². The first-order chi connectivity index (χ1) is 15.1. The average molecular weight is 436 g/mol. The van der Waals surface area contributed by atoms with Gasteiger partial charge >= 0.3 is 0 Å². The van der Waals surface area contributed by atoms with E-state index in [9.17, 15) is 10.1 Å². The molecular formula is C24H25N3O3S. The summed E-state index contributed by atoms with van der Waals surface area (Å²) in [5.74, 6) is 1.67. The van der Waals surface area contributed by atoms with Crippen molar-refractivity contribution in [2.45, 2.75) is 25.7 Å². The second-order valence-corrected chi connectivity index (χ2v) is 8.43. The Kier molecular flexibility index (Phi) is 6.10. The number of hydrogen-bond acceptors (Lipinski definition) is 6. The highest BCUT2D eigenvalue weighted by Crippen LogP contribution is 2.45. The molecule has 2 aromatic carbocycles. The third-order valence-electron chi connectivity index (χ3n) is 5.82. The van der Waals surface area contributed by atoms with E-state index in [4.69, 9.17) is 9.47 Å². The molecule has 1 amide bonds. The molecule has 31 heavy (non-hydrogen) atoms. The van der Waals surface area contributed by atoms with Gasteiger partial charge in [0.05, 0.1) is 43.4 Å². The zero-order chi connectivity index (χ0) is 22.0. The molecule has 1 atom stereocenters. The van der Waals surface area contributed by atoms with Crippen molar-refractivity contribution in [1.82, 2.24) is 4.90 Å². The van der Waals surface area contributed by atoms with Gasteiger partial charge < -0.3 is 14.4 Å². The van der Waals surface area contributed by atoms with Crippen LogP contribution in [0.1, 0.15) is 30.4 Å². The maximum Gasteiger partial charge on any atom is 0.229 e. The maximum atomic E-state index is 13.2. The number of methoxy groups -OCH3 is 2. The van der Waals surface area contributed by atoms with Gasteiger partial charge in [0.1, 0.15) is 11.5 Å². The van der Waals surface area contributed by atoms with Crippen LogP contribution >= 0.6 is 11.8 Å². The third kappa shape index (κ3) is 3.96. The van der Waals surface area contributed by atoms with E-state index in [1.807, 2.05) is 12.1 Å². The van der Waals surface area contributed by atoms with Gasteiger partial charge in [0, 0.05) is 29.7 Å². The van der Waals surface area contributed by atoms with Crippen molar-refractivity contribution in [3.05, 3.63) is 64.2 Å². The number of hydrogen-bond donors (Lipinski definition) is 0. The number of ether oxygens (including phenoxy) is 2. The van der Waals surface area contributed by atoms with Gasteiger partial charge in [0.2, 0.25) is 5.91 Å². The quantitative estimate of drug-likeness (QED) is 0.690. The fourth-order valence-electron chi connectivity index (χ4n) is 4.04. The van der Waals surface area contributed by atoms with Gasteiger partial charge in [-0.2, -0.15) is 5.26 Å². The highest BCUT2D eigenvalue weighted by Gasteiger charge is 2.39. The van der Waals surface area contributed by atoms with E-state index in [0.717, 1.165) is 22.7 Å². The summed E-state index contributed by atoms with van der Waals surface area (Å²) in [7, 11) is 3.19. The Morgan fingerprint density at radius 3 is 2.58 bits per heavy atom. The predicted octanol–water partition coefficient (Wildman–Crippen LogP) is 4.49. The van der Waals surface area contributed by atoms with Crippen molar-refractivity contribution < 1.29 is 14.3 Å². The molecule has 2 aliphatic rings. The van der Waals surface area contributed by atoms with E-state index in [0.29, 0.717) is 29.6 Å². The minimum atomic E-state index is -0.326. The fourth-order valence-corrected chi connectivity index (χ4v) is 5.21. The van der Waals surface area contributed by atoms with E-state index in [1.165, 1.54) is 17.3 Å². The van der Waals surface area contributed by atoms with Crippen molar-refractivity contribution in [3.8, 4) is 17.6 Å². The Bertz CT molecular complexity index is 1060. The number of fused-ring (bicyclic) bond motifs is 1. The number of allylic oxidation sites excluding steroid dienone is 1. The molecule has 0 aromatic heterocycles. The zero-order valence-electron chi connectivity index (χ0n) is 17.9. The lowest BCUT2D eigenvalue weighted by Gasteiger charge is -2.42. The summed E-state index contributed by atoms with van der Waals surface area (Å²) in [6.07, 6.45) is 1.23. The summed E-state index contributed by atoms with van der Waals surface area (Å²) >= 11 is 1.54. The number of nitriles is 1. The first kappa shape index (κ1) is 21.1. The molecule has 1 fully saturated rings. The number of carbonyl (C=O) groups excluding carboxylic acids is 1. The van der Waals surface area contributed by atoms with Crippen molar-refractivity contribution >= 4 is 23.4 Å². The van der Waals surface area contributed by atoms with Crippen LogP contribution in [0.15, 0.2) is 53.1 Å². The summed E-state index contributed by atoms with van der Waals surface area (Å²) in [4.78, 5) is 17.1. The second-order valence-electron chi connectivity index (χ2n) is 7.49. The van der Waals surface area contributed by atoms with E-state index in [-0.39, 0.29) is 18.2 Å². The number of benzene rings is 2. The van der Waals surface area contributed by atoms with Crippen LogP contribution in [-0.4, -0.2) is 37.6 Å². The van der Waals surface area contributed by atoms with Gasteiger partial charge in [-0.25, -0.2) is 0 Å². The Labute approximate surface area is 187 Å². The maximum absolute atomic E-state index is 13.2. The van der Waals surface area contributed by atoms with Crippen molar-refractivity contribution in [2.75, 3.05) is 31.7 Å². The van der Waals surface area contributed by atoms with Crippen LogP contribution in [0.5, 0.6) is 11.5 Å². The van der Waals surface area contributed by atoms with Crippen molar-refractivity contribution in [2.24, 2.45) is 0 Å². The molecule has 2 aromatic rings. The van der Waals surface area contributed by atoms with Crippen LogP contribution in [0.3, 0.4) is 0 Å². The number of anilines is 1. The van der Waals surface area contributed by atoms with Crippen LogP contribution in [0, 0.1) is 11.3 Å². The fraction of sp³-hybridized carbons (Fsp3) is 0.333. The molecule has 1 unspecified atom stereocenters. The SMILES string of the molecule is CCc1ccc(N2CSC3=C(C#N)C(c4ccc(OC)cc4OC)CC(=O)N3C2)cc1. The third-order valence-corrected chi connectivity index (χ3v) is 6.97. The first-order valence-corrected chi connectivity index (χ1v) is 11.2. The smallest absolute Gasteiger partial charge is 0.229 e. The van der Waals surface area contributed by atoms with Crippen LogP contribution in [0.4, 0.5) is 5.69 Å². The number of carbonyl (C=O) groups is 1. The summed E-state index contributed by atoms with van der Waals surface area (Å²) in [5.41, 5.74) is 3.81. The van der Waals surface area contributed by atoms with Gasteiger partial charge in [-0.15, -0.1) is 0 Å². The molecule has 0 bridgehead atoms. The topological polar surface area (TPSA) is 65.8 Å². The van der Waals surface area contributed by atoms with E-state index < -0.39 is 0 Å². The van der Waals surface area contributed by atoms with Crippen LogP contribution in [-0.2, 0) is 11.2 Å². The lowest BCUT2D eigenvalue weighted by molar-refractivity contribution is -0.129. The van der Waals surface area contributed by atoms with Gasteiger partial charge in [-0.3, -0.25) is 9.69 Å². The molecule has 0 spiro atoms.